The minimum Gasteiger partial charge on any atom is -0.497 e. The largest absolute Gasteiger partial charge is 0.497 e. The van der Waals surface area contributed by atoms with E-state index in [0.29, 0.717) is 56.6 Å². The fourth-order valence-corrected chi connectivity index (χ4v) is 6.12. The van der Waals surface area contributed by atoms with E-state index in [-0.39, 0.29) is 31.0 Å². The van der Waals surface area contributed by atoms with Crippen molar-refractivity contribution in [1.82, 2.24) is 10.2 Å². The quantitative estimate of drug-likeness (QED) is 0.280. The Labute approximate surface area is 248 Å². The van der Waals surface area contributed by atoms with Crippen LogP contribution in [0.5, 0.6) is 5.75 Å². The van der Waals surface area contributed by atoms with Gasteiger partial charge in [-0.15, -0.1) is 0 Å². The third-order valence-electron chi connectivity index (χ3n) is 8.91. The molecule has 5 atom stereocenters. The summed E-state index contributed by atoms with van der Waals surface area (Å²) in [6.07, 6.45) is 3.45. The number of hydrogen-bond acceptors (Lipinski definition) is 9. The molecule has 0 spiro atoms. The molecule has 0 radical (unpaired) electrons. The first-order valence-corrected chi connectivity index (χ1v) is 15.2. The average Bonchev–Trinajstić information content (AvgIpc) is 3.53. The molecule has 10 nitrogen and oxygen atoms in total. The molecule has 0 unspecified atom stereocenters. The number of morpholine rings is 1. The van der Waals surface area contributed by atoms with Crippen LogP contribution in [0.15, 0.2) is 24.3 Å². The Morgan fingerprint density at radius 1 is 1.10 bits per heavy atom. The van der Waals surface area contributed by atoms with Gasteiger partial charge >= 0.3 is 0 Å². The van der Waals surface area contributed by atoms with Gasteiger partial charge in [-0.1, -0.05) is 44.7 Å². The zero-order chi connectivity index (χ0) is 30.3. The molecule has 4 rings (SSSR count). The first-order valence-electron chi connectivity index (χ1n) is 15.2. The Morgan fingerprint density at radius 2 is 1.74 bits per heavy atom. The van der Waals surface area contributed by atoms with E-state index in [1.807, 2.05) is 4.90 Å². The lowest BCUT2D eigenvalue weighted by molar-refractivity contribution is -0.136. The number of ether oxygens (including phenoxy) is 3. The summed E-state index contributed by atoms with van der Waals surface area (Å²) in [5.41, 5.74) is -0.437. The molecule has 2 heterocycles. The third-order valence-corrected chi connectivity index (χ3v) is 8.91. The number of methoxy groups -OCH3 is 1. The number of amides is 1. The van der Waals surface area contributed by atoms with E-state index < -0.39 is 41.3 Å². The van der Waals surface area contributed by atoms with Gasteiger partial charge in [-0.2, -0.15) is 0 Å². The number of benzene rings is 1. The molecule has 232 valence electrons. The van der Waals surface area contributed by atoms with Crippen molar-refractivity contribution in [3.8, 4) is 5.75 Å². The van der Waals surface area contributed by atoms with Gasteiger partial charge in [0.15, 0.2) is 11.6 Å². The summed E-state index contributed by atoms with van der Waals surface area (Å²) in [6, 6.07) is 5.35. The first-order chi connectivity index (χ1) is 20.1. The van der Waals surface area contributed by atoms with E-state index in [4.69, 9.17) is 14.2 Å². The number of carbonyl (C=O) groups is 4. The molecule has 1 amide bonds. The molecule has 1 aromatic carbocycles. The molecule has 2 aliphatic heterocycles. The summed E-state index contributed by atoms with van der Waals surface area (Å²) >= 11 is 0. The zero-order valence-electron chi connectivity index (χ0n) is 25.1. The molecule has 1 saturated carbocycles. The normalized spacial score (nSPS) is 23.9. The van der Waals surface area contributed by atoms with Gasteiger partial charge in [-0.3, -0.25) is 24.1 Å². The number of aliphatic hydroxyl groups excluding tert-OH is 1. The maximum atomic E-state index is 13.9. The lowest BCUT2D eigenvalue weighted by Gasteiger charge is -2.28. The molecule has 42 heavy (non-hydrogen) atoms. The van der Waals surface area contributed by atoms with E-state index in [2.05, 4.69) is 5.32 Å². The zero-order valence-corrected chi connectivity index (χ0v) is 25.1. The van der Waals surface area contributed by atoms with Crippen molar-refractivity contribution >= 4 is 23.3 Å². The second-order valence-corrected chi connectivity index (χ2v) is 12.4. The molecule has 3 aliphatic rings. The van der Waals surface area contributed by atoms with E-state index in [0.717, 1.165) is 25.7 Å². The molecule has 2 saturated heterocycles. The lowest BCUT2D eigenvalue weighted by Crippen LogP contribution is -2.48. The predicted molar refractivity (Wildman–Crippen MR) is 155 cm³/mol. The van der Waals surface area contributed by atoms with E-state index in [1.54, 1.807) is 38.1 Å². The highest BCUT2D eigenvalue weighted by atomic mass is 16.6. The number of nitrogens with zero attached hydrogens (tertiary/aromatic N) is 1. The van der Waals surface area contributed by atoms with Crippen LogP contribution in [-0.2, 0) is 28.7 Å². The molecule has 0 aromatic heterocycles. The summed E-state index contributed by atoms with van der Waals surface area (Å²) in [4.78, 5) is 55.3. The van der Waals surface area contributed by atoms with Crippen LogP contribution in [0.1, 0.15) is 70.5 Å². The van der Waals surface area contributed by atoms with Crippen LogP contribution in [0.4, 0.5) is 0 Å². The van der Waals surface area contributed by atoms with Crippen LogP contribution in [0.25, 0.3) is 0 Å². The van der Waals surface area contributed by atoms with Gasteiger partial charge in [0.05, 0.1) is 33.5 Å². The predicted octanol–water partition coefficient (Wildman–Crippen LogP) is 2.65. The standard InChI is InChI=1S/C32H46N2O8/c1-21(16-25(35)19-34-12-14-41-15-13-34)31(39)33-28(29(37)23-8-10-26(40-3)11-9-23)27(36)18-24(17-22-6-4-5-7-22)30(38)32(2)20-42-32/h8-11,21-22,24,28-29,37H,4-7,12-20H2,1-3H3,(H,33,39)/t21-,24-,28-,29-,32-/m1/s1. The Hall–Kier alpha value is -2.66. The third kappa shape index (κ3) is 8.69. The number of carbonyl (C=O) groups excluding carboxylic acids is 4. The molecular weight excluding hydrogens is 540 g/mol. The maximum Gasteiger partial charge on any atom is 0.223 e. The molecule has 3 fully saturated rings. The molecule has 2 N–H and O–H groups in total. The molecule has 10 heteroatoms. The number of Topliss-reactive ketones (excluding diaryl/α,β-unsaturated/α-hetero) is 3. The molecule has 1 aliphatic carbocycles. The van der Waals surface area contributed by atoms with Crippen LogP contribution < -0.4 is 10.1 Å². The van der Waals surface area contributed by atoms with Crippen LogP contribution in [-0.4, -0.2) is 91.5 Å². The summed E-state index contributed by atoms with van der Waals surface area (Å²) in [5.74, 6) is -1.37. The van der Waals surface area contributed by atoms with E-state index in [9.17, 15) is 24.3 Å². The second-order valence-electron chi connectivity index (χ2n) is 12.4. The van der Waals surface area contributed by atoms with E-state index >= 15 is 0 Å². The monoisotopic (exact) mass is 586 g/mol. The van der Waals surface area contributed by atoms with Crippen LogP contribution in [0.2, 0.25) is 0 Å². The number of nitrogens with one attached hydrogen (secondary N) is 1. The summed E-state index contributed by atoms with van der Waals surface area (Å²) in [5, 5.41) is 14.1. The van der Waals surface area contributed by atoms with Crippen molar-refractivity contribution in [1.29, 1.82) is 0 Å². The van der Waals surface area contributed by atoms with Gasteiger partial charge in [0.25, 0.3) is 0 Å². The van der Waals surface area contributed by atoms with Crippen molar-refractivity contribution in [3.63, 3.8) is 0 Å². The summed E-state index contributed by atoms with van der Waals surface area (Å²) < 4.78 is 16.0. The number of hydrogen-bond donors (Lipinski definition) is 2. The fourth-order valence-electron chi connectivity index (χ4n) is 6.12. The number of rotatable bonds is 16. The molecule has 1 aromatic rings. The Bertz CT molecular complexity index is 1090. The highest BCUT2D eigenvalue weighted by Gasteiger charge is 2.50. The highest BCUT2D eigenvalue weighted by Crippen LogP contribution is 2.38. The van der Waals surface area contributed by atoms with Crippen molar-refractivity contribution in [3.05, 3.63) is 29.8 Å². The van der Waals surface area contributed by atoms with Gasteiger partial charge in [-0.25, -0.2) is 0 Å². The van der Waals surface area contributed by atoms with Gasteiger partial charge in [-0.05, 0) is 37.0 Å². The first kappa shape index (κ1) is 32.3. The Balaban J connectivity index is 1.47. The van der Waals surface area contributed by atoms with Crippen molar-refractivity contribution in [2.24, 2.45) is 17.8 Å². The van der Waals surface area contributed by atoms with Gasteiger partial charge in [0.1, 0.15) is 29.3 Å². The number of aliphatic hydroxyl groups is 1. The topological polar surface area (TPSA) is 135 Å². The summed E-state index contributed by atoms with van der Waals surface area (Å²) in [7, 11) is 1.53. The minimum absolute atomic E-state index is 0.0151. The second kappa shape index (κ2) is 14.7. The maximum absolute atomic E-state index is 13.9. The van der Waals surface area contributed by atoms with Crippen molar-refractivity contribution < 1.29 is 38.5 Å². The van der Waals surface area contributed by atoms with Crippen LogP contribution in [0.3, 0.4) is 0 Å². The SMILES string of the molecule is COc1ccc([C@@H](O)[C@H](NC(=O)[C@H](C)CC(=O)CN2CCOCC2)C(=O)C[C@@H](CC2CCCC2)C(=O)[C@@]2(C)CO2)cc1. The smallest absolute Gasteiger partial charge is 0.223 e. The van der Waals surface area contributed by atoms with Crippen molar-refractivity contribution in [2.75, 3.05) is 46.6 Å². The Kier molecular flexibility index (Phi) is 11.3. The van der Waals surface area contributed by atoms with Crippen LogP contribution in [0, 0.1) is 17.8 Å². The average molecular weight is 587 g/mol. The van der Waals surface area contributed by atoms with Crippen LogP contribution >= 0.6 is 0 Å². The highest BCUT2D eigenvalue weighted by molar-refractivity contribution is 5.97. The number of ketones is 3. The molecule has 0 bridgehead atoms. The summed E-state index contributed by atoms with van der Waals surface area (Å²) in [6.45, 7) is 6.46. The van der Waals surface area contributed by atoms with Gasteiger partial charge in [0.2, 0.25) is 5.91 Å². The lowest BCUT2D eigenvalue weighted by atomic mass is 9.81. The molecular formula is C32H46N2O8. The van der Waals surface area contributed by atoms with Crippen molar-refractivity contribution in [2.45, 2.75) is 76.5 Å². The van der Waals surface area contributed by atoms with Gasteiger partial charge < -0.3 is 24.6 Å². The number of epoxide rings is 1. The Morgan fingerprint density at radius 3 is 2.33 bits per heavy atom. The van der Waals surface area contributed by atoms with Gasteiger partial charge in [0, 0.05) is 37.8 Å². The minimum atomic E-state index is -1.35. The van der Waals surface area contributed by atoms with E-state index in [1.165, 1.54) is 7.11 Å². The fraction of sp³-hybridized carbons (Fsp3) is 0.688.